The quantitative estimate of drug-likeness (QED) is 0.741. The highest BCUT2D eigenvalue weighted by atomic mass is 16.3. The number of carbonyl (C=O) groups is 2. The van der Waals surface area contributed by atoms with Gasteiger partial charge in [-0.1, -0.05) is 13.0 Å². The molecule has 0 saturated carbocycles. The van der Waals surface area contributed by atoms with Crippen LogP contribution >= 0.6 is 0 Å². The summed E-state index contributed by atoms with van der Waals surface area (Å²) in [5, 5.41) is 15.0. The Hall–Kier alpha value is -2.04. The van der Waals surface area contributed by atoms with Crippen LogP contribution in [0.25, 0.3) is 0 Å². The molecule has 0 spiro atoms. The van der Waals surface area contributed by atoms with E-state index in [1.54, 1.807) is 19.1 Å². The number of benzene rings is 1. The summed E-state index contributed by atoms with van der Waals surface area (Å²) in [5.74, 6) is -0.282. The van der Waals surface area contributed by atoms with Crippen molar-refractivity contribution < 1.29 is 14.7 Å². The number of amides is 2. The molecule has 1 unspecified atom stereocenters. The molecule has 0 aliphatic rings. The van der Waals surface area contributed by atoms with E-state index in [0.29, 0.717) is 5.56 Å². The number of hydrogen-bond acceptors (Lipinski definition) is 3. The normalized spacial score (nSPS) is 11.8. The standard InChI is InChI=1S/C15H22N2O3/c1-4-11(3)17-14(19)7-8-16-15(20)12-6-5-10(2)13(18)9-12/h5-6,9,11,18H,4,7-8H2,1-3H3,(H,16,20)(H,17,19). The Morgan fingerprint density at radius 3 is 2.65 bits per heavy atom. The third-order valence-electron chi connectivity index (χ3n) is 3.13. The van der Waals surface area contributed by atoms with E-state index in [9.17, 15) is 14.7 Å². The number of aryl methyl sites for hydroxylation is 1. The number of phenolic OH excluding ortho intramolecular Hbond substituents is 1. The number of phenols is 1. The van der Waals surface area contributed by atoms with Gasteiger partial charge in [-0.15, -0.1) is 0 Å². The smallest absolute Gasteiger partial charge is 0.251 e. The average molecular weight is 278 g/mol. The van der Waals surface area contributed by atoms with Gasteiger partial charge in [0.1, 0.15) is 5.75 Å². The van der Waals surface area contributed by atoms with Gasteiger partial charge in [0, 0.05) is 24.6 Å². The fraction of sp³-hybridized carbons (Fsp3) is 0.467. The molecule has 5 heteroatoms. The van der Waals surface area contributed by atoms with Gasteiger partial charge in [-0.05, 0) is 38.0 Å². The van der Waals surface area contributed by atoms with E-state index in [1.165, 1.54) is 6.07 Å². The van der Waals surface area contributed by atoms with Crippen molar-refractivity contribution in [3.05, 3.63) is 29.3 Å². The zero-order valence-corrected chi connectivity index (χ0v) is 12.2. The van der Waals surface area contributed by atoms with Gasteiger partial charge < -0.3 is 15.7 Å². The molecule has 0 aromatic heterocycles. The average Bonchev–Trinajstić information content (AvgIpc) is 2.41. The van der Waals surface area contributed by atoms with Gasteiger partial charge in [0.15, 0.2) is 0 Å². The number of hydrogen-bond donors (Lipinski definition) is 3. The largest absolute Gasteiger partial charge is 0.508 e. The van der Waals surface area contributed by atoms with Gasteiger partial charge in [-0.3, -0.25) is 9.59 Å². The topological polar surface area (TPSA) is 78.4 Å². The lowest BCUT2D eigenvalue weighted by Gasteiger charge is -2.11. The lowest BCUT2D eigenvalue weighted by molar-refractivity contribution is -0.121. The fourth-order valence-electron chi connectivity index (χ4n) is 1.59. The van der Waals surface area contributed by atoms with Crippen molar-refractivity contribution in [3.8, 4) is 5.75 Å². The molecule has 0 bridgehead atoms. The maximum atomic E-state index is 11.8. The summed E-state index contributed by atoms with van der Waals surface area (Å²) in [4.78, 5) is 23.3. The predicted octanol–water partition coefficient (Wildman–Crippen LogP) is 1.74. The first kappa shape index (κ1) is 16.0. The van der Waals surface area contributed by atoms with E-state index in [0.717, 1.165) is 12.0 Å². The Labute approximate surface area is 119 Å². The number of rotatable bonds is 6. The fourth-order valence-corrected chi connectivity index (χ4v) is 1.59. The van der Waals surface area contributed by atoms with Gasteiger partial charge in [-0.25, -0.2) is 0 Å². The van der Waals surface area contributed by atoms with E-state index in [-0.39, 0.29) is 36.6 Å². The molecule has 1 aromatic carbocycles. The molecule has 0 aliphatic heterocycles. The summed E-state index contributed by atoms with van der Waals surface area (Å²) in [5.41, 5.74) is 1.10. The van der Waals surface area contributed by atoms with Crippen molar-refractivity contribution in [2.75, 3.05) is 6.54 Å². The Bertz CT molecular complexity index is 486. The maximum absolute atomic E-state index is 11.8. The summed E-state index contributed by atoms with van der Waals surface area (Å²) in [7, 11) is 0. The van der Waals surface area contributed by atoms with Crippen molar-refractivity contribution in [1.82, 2.24) is 10.6 Å². The Morgan fingerprint density at radius 2 is 2.05 bits per heavy atom. The monoisotopic (exact) mass is 278 g/mol. The van der Waals surface area contributed by atoms with Crippen LogP contribution in [0.1, 0.15) is 42.6 Å². The third kappa shape index (κ3) is 4.91. The van der Waals surface area contributed by atoms with Crippen molar-refractivity contribution in [1.29, 1.82) is 0 Å². The van der Waals surface area contributed by atoms with E-state index >= 15 is 0 Å². The van der Waals surface area contributed by atoms with Crippen LogP contribution in [0.4, 0.5) is 0 Å². The molecule has 20 heavy (non-hydrogen) atoms. The minimum absolute atomic E-state index is 0.0774. The lowest BCUT2D eigenvalue weighted by Crippen LogP contribution is -2.35. The second kappa shape index (κ2) is 7.53. The molecule has 0 radical (unpaired) electrons. The first-order valence-corrected chi connectivity index (χ1v) is 6.81. The van der Waals surface area contributed by atoms with Crippen molar-refractivity contribution >= 4 is 11.8 Å². The highest BCUT2D eigenvalue weighted by molar-refractivity contribution is 5.94. The highest BCUT2D eigenvalue weighted by Crippen LogP contribution is 2.17. The van der Waals surface area contributed by atoms with Gasteiger partial charge in [0.05, 0.1) is 0 Å². The van der Waals surface area contributed by atoms with Gasteiger partial charge in [-0.2, -0.15) is 0 Å². The van der Waals surface area contributed by atoms with Crippen molar-refractivity contribution in [2.24, 2.45) is 0 Å². The Kier molecular flexibility index (Phi) is 6.03. The Balaban J connectivity index is 2.40. The van der Waals surface area contributed by atoms with Crippen LogP contribution < -0.4 is 10.6 Å². The summed E-state index contributed by atoms with van der Waals surface area (Å²) < 4.78 is 0. The molecule has 2 amide bonds. The lowest BCUT2D eigenvalue weighted by atomic mass is 10.1. The molecule has 1 rings (SSSR count). The van der Waals surface area contributed by atoms with E-state index in [2.05, 4.69) is 10.6 Å². The summed E-state index contributed by atoms with van der Waals surface area (Å²) >= 11 is 0. The molecule has 1 aromatic rings. The van der Waals surface area contributed by atoms with E-state index in [4.69, 9.17) is 0 Å². The maximum Gasteiger partial charge on any atom is 0.251 e. The van der Waals surface area contributed by atoms with Gasteiger partial charge in [0.2, 0.25) is 5.91 Å². The van der Waals surface area contributed by atoms with E-state index in [1.807, 2.05) is 13.8 Å². The third-order valence-corrected chi connectivity index (χ3v) is 3.13. The van der Waals surface area contributed by atoms with Crippen molar-refractivity contribution in [3.63, 3.8) is 0 Å². The molecule has 3 N–H and O–H groups in total. The van der Waals surface area contributed by atoms with Crippen LogP contribution in [-0.4, -0.2) is 29.5 Å². The van der Waals surface area contributed by atoms with Crippen LogP contribution in [0.5, 0.6) is 5.75 Å². The molecule has 0 heterocycles. The summed E-state index contributed by atoms with van der Waals surface area (Å²) in [6, 6.07) is 4.89. The van der Waals surface area contributed by atoms with Crippen LogP contribution in [0.3, 0.4) is 0 Å². The number of aromatic hydroxyl groups is 1. The first-order valence-electron chi connectivity index (χ1n) is 6.81. The minimum atomic E-state index is -0.295. The molecule has 1 atom stereocenters. The summed E-state index contributed by atoms with van der Waals surface area (Å²) in [6.07, 6.45) is 1.12. The zero-order chi connectivity index (χ0) is 15.1. The second-order valence-electron chi connectivity index (χ2n) is 4.88. The van der Waals surface area contributed by atoms with Crippen LogP contribution in [0.2, 0.25) is 0 Å². The van der Waals surface area contributed by atoms with Crippen LogP contribution in [-0.2, 0) is 4.79 Å². The molecular weight excluding hydrogens is 256 g/mol. The van der Waals surface area contributed by atoms with E-state index < -0.39 is 0 Å². The summed E-state index contributed by atoms with van der Waals surface area (Å²) in [6.45, 7) is 5.97. The molecule has 5 nitrogen and oxygen atoms in total. The van der Waals surface area contributed by atoms with Crippen LogP contribution in [0.15, 0.2) is 18.2 Å². The first-order chi connectivity index (χ1) is 9.43. The SMILES string of the molecule is CCC(C)NC(=O)CCNC(=O)c1ccc(C)c(O)c1. The van der Waals surface area contributed by atoms with Gasteiger partial charge >= 0.3 is 0 Å². The molecule has 0 aliphatic carbocycles. The molecule has 0 fully saturated rings. The second-order valence-corrected chi connectivity index (χ2v) is 4.88. The number of nitrogens with one attached hydrogen (secondary N) is 2. The Morgan fingerprint density at radius 1 is 1.35 bits per heavy atom. The molecular formula is C15H22N2O3. The zero-order valence-electron chi connectivity index (χ0n) is 12.2. The molecule has 110 valence electrons. The highest BCUT2D eigenvalue weighted by Gasteiger charge is 2.09. The molecule has 0 saturated heterocycles. The van der Waals surface area contributed by atoms with Crippen LogP contribution in [0, 0.1) is 6.92 Å². The van der Waals surface area contributed by atoms with Crippen molar-refractivity contribution in [2.45, 2.75) is 39.7 Å². The van der Waals surface area contributed by atoms with Gasteiger partial charge in [0.25, 0.3) is 5.91 Å². The minimum Gasteiger partial charge on any atom is -0.508 e. The number of carbonyl (C=O) groups excluding carboxylic acids is 2. The predicted molar refractivity (Wildman–Crippen MR) is 77.7 cm³/mol.